The van der Waals surface area contributed by atoms with E-state index in [-0.39, 0.29) is 0 Å². The molecule has 0 spiro atoms. The molecule has 1 nitrogen and oxygen atoms in total. The van der Waals surface area contributed by atoms with Gasteiger partial charge in [-0.15, -0.1) is 0 Å². The van der Waals surface area contributed by atoms with Crippen molar-refractivity contribution < 1.29 is 0 Å². The quantitative estimate of drug-likeness (QED) is 0.679. The molecule has 0 saturated carbocycles. The number of likely N-dealkylation sites (tertiary alicyclic amines) is 1. The van der Waals surface area contributed by atoms with Crippen LogP contribution in [0, 0.1) is 11.8 Å². The molecule has 14 heavy (non-hydrogen) atoms. The highest BCUT2D eigenvalue weighted by Crippen LogP contribution is 2.32. The van der Waals surface area contributed by atoms with Gasteiger partial charge in [-0.25, -0.2) is 0 Å². The molecule has 2 aliphatic rings. The predicted octanol–water partition coefficient (Wildman–Crippen LogP) is 2.84. The molecule has 3 heteroatoms. The Labute approximate surface area is 100 Å². The lowest BCUT2D eigenvalue weighted by Gasteiger charge is -2.41. The summed E-state index contributed by atoms with van der Waals surface area (Å²) in [6.45, 7) is 7.35. The first-order valence-electron chi connectivity index (χ1n) is 5.64. The second-order valence-electron chi connectivity index (χ2n) is 4.87. The topological polar surface area (TPSA) is 3.24 Å². The molecular formula is C11H20BrNS. The lowest BCUT2D eigenvalue weighted by atomic mass is 9.90. The fourth-order valence-corrected chi connectivity index (χ4v) is 4.27. The smallest absolute Gasteiger partial charge is 0.0221 e. The van der Waals surface area contributed by atoms with Crippen molar-refractivity contribution in [3.63, 3.8) is 0 Å². The van der Waals surface area contributed by atoms with Crippen molar-refractivity contribution in [2.75, 3.05) is 24.6 Å². The molecule has 0 amide bonds. The highest BCUT2D eigenvalue weighted by molar-refractivity contribution is 9.09. The minimum absolute atomic E-state index is 0.729. The van der Waals surface area contributed by atoms with Gasteiger partial charge < -0.3 is 0 Å². The number of alkyl halides is 1. The summed E-state index contributed by atoms with van der Waals surface area (Å²) >= 11 is 5.95. The van der Waals surface area contributed by atoms with Gasteiger partial charge in [-0.05, 0) is 24.0 Å². The summed E-state index contributed by atoms with van der Waals surface area (Å²) in [5.74, 6) is 4.36. The van der Waals surface area contributed by atoms with Crippen molar-refractivity contribution >= 4 is 27.7 Å². The maximum Gasteiger partial charge on any atom is 0.0221 e. The van der Waals surface area contributed by atoms with Crippen LogP contribution in [0.25, 0.3) is 0 Å². The molecule has 0 aliphatic carbocycles. The third-order valence-corrected chi connectivity index (χ3v) is 6.50. The normalized spacial score (nSPS) is 45.6. The van der Waals surface area contributed by atoms with Crippen LogP contribution in [0.15, 0.2) is 0 Å². The SMILES string of the molecule is CC1CN(C2CCSC2)CC(C)C1Br. The van der Waals surface area contributed by atoms with Gasteiger partial charge in [-0.3, -0.25) is 4.90 Å². The number of halogens is 1. The number of piperidine rings is 1. The van der Waals surface area contributed by atoms with Crippen molar-refractivity contribution in [1.82, 2.24) is 4.90 Å². The van der Waals surface area contributed by atoms with E-state index in [1.807, 2.05) is 0 Å². The van der Waals surface area contributed by atoms with Gasteiger partial charge in [-0.1, -0.05) is 29.8 Å². The van der Waals surface area contributed by atoms with Crippen molar-refractivity contribution in [2.24, 2.45) is 11.8 Å². The van der Waals surface area contributed by atoms with Crippen LogP contribution >= 0.6 is 27.7 Å². The van der Waals surface area contributed by atoms with Crippen molar-refractivity contribution in [3.8, 4) is 0 Å². The molecule has 82 valence electrons. The van der Waals surface area contributed by atoms with E-state index >= 15 is 0 Å². The monoisotopic (exact) mass is 277 g/mol. The van der Waals surface area contributed by atoms with E-state index in [2.05, 4.69) is 46.4 Å². The van der Waals surface area contributed by atoms with Crippen molar-refractivity contribution in [3.05, 3.63) is 0 Å². The zero-order valence-corrected chi connectivity index (χ0v) is 11.5. The van der Waals surface area contributed by atoms with Gasteiger partial charge in [0.05, 0.1) is 0 Å². The molecule has 3 unspecified atom stereocenters. The molecular weight excluding hydrogens is 258 g/mol. The summed E-state index contributed by atoms with van der Waals surface area (Å²) in [5, 5.41) is 0. The number of hydrogen-bond acceptors (Lipinski definition) is 2. The van der Waals surface area contributed by atoms with Gasteiger partial charge in [0.25, 0.3) is 0 Å². The third-order valence-electron chi connectivity index (χ3n) is 3.55. The van der Waals surface area contributed by atoms with E-state index in [4.69, 9.17) is 0 Å². The lowest BCUT2D eigenvalue weighted by molar-refractivity contribution is 0.113. The predicted molar refractivity (Wildman–Crippen MR) is 68.3 cm³/mol. The highest BCUT2D eigenvalue weighted by Gasteiger charge is 2.34. The van der Waals surface area contributed by atoms with Gasteiger partial charge in [0, 0.05) is 29.7 Å². The van der Waals surface area contributed by atoms with E-state index in [0.717, 1.165) is 22.7 Å². The molecule has 2 aliphatic heterocycles. The maximum absolute atomic E-state index is 3.82. The minimum atomic E-state index is 0.729. The second-order valence-corrected chi connectivity index (χ2v) is 7.08. The van der Waals surface area contributed by atoms with Crippen LogP contribution in [0.4, 0.5) is 0 Å². The molecule has 0 aromatic rings. The first-order chi connectivity index (χ1) is 6.68. The second kappa shape index (κ2) is 4.75. The Bertz CT molecular complexity index is 182. The Morgan fingerprint density at radius 3 is 2.36 bits per heavy atom. The third kappa shape index (κ3) is 2.30. The molecule has 0 aromatic carbocycles. The highest BCUT2D eigenvalue weighted by atomic mass is 79.9. The number of rotatable bonds is 1. The van der Waals surface area contributed by atoms with Crippen LogP contribution in [-0.2, 0) is 0 Å². The first kappa shape index (κ1) is 11.3. The first-order valence-corrected chi connectivity index (χ1v) is 7.71. The Morgan fingerprint density at radius 2 is 1.86 bits per heavy atom. The van der Waals surface area contributed by atoms with Gasteiger partial charge in [0.15, 0.2) is 0 Å². The van der Waals surface area contributed by atoms with Gasteiger partial charge in [0.2, 0.25) is 0 Å². The summed E-state index contributed by atoms with van der Waals surface area (Å²) in [4.78, 5) is 3.46. The van der Waals surface area contributed by atoms with Crippen molar-refractivity contribution in [2.45, 2.75) is 31.1 Å². The molecule has 2 saturated heterocycles. The molecule has 0 bridgehead atoms. The molecule has 0 radical (unpaired) electrons. The Kier molecular flexibility index (Phi) is 3.83. The molecule has 0 N–H and O–H groups in total. The number of nitrogens with zero attached hydrogens (tertiary/aromatic N) is 1. The Balaban J connectivity index is 1.94. The average Bonchev–Trinajstić information content (AvgIpc) is 2.66. The van der Waals surface area contributed by atoms with Crippen LogP contribution < -0.4 is 0 Å². The largest absolute Gasteiger partial charge is 0.299 e. The van der Waals surface area contributed by atoms with E-state index < -0.39 is 0 Å². The molecule has 2 rings (SSSR count). The summed E-state index contributed by atoms with van der Waals surface area (Å²) in [5.41, 5.74) is 0. The summed E-state index contributed by atoms with van der Waals surface area (Å²) in [7, 11) is 0. The van der Waals surface area contributed by atoms with Gasteiger partial charge >= 0.3 is 0 Å². The molecule has 2 fully saturated rings. The van der Waals surface area contributed by atoms with E-state index in [9.17, 15) is 0 Å². The fourth-order valence-electron chi connectivity index (χ4n) is 2.68. The maximum atomic E-state index is 3.82. The van der Waals surface area contributed by atoms with Gasteiger partial charge in [-0.2, -0.15) is 11.8 Å². The fraction of sp³-hybridized carbons (Fsp3) is 1.00. The van der Waals surface area contributed by atoms with Crippen LogP contribution in [-0.4, -0.2) is 40.4 Å². The Morgan fingerprint density at radius 1 is 1.21 bits per heavy atom. The molecule has 3 atom stereocenters. The van der Waals surface area contributed by atoms with E-state index in [0.29, 0.717) is 0 Å². The van der Waals surface area contributed by atoms with Gasteiger partial charge in [0.1, 0.15) is 0 Å². The Hall–Kier alpha value is 0.790. The van der Waals surface area contributed by atoms with Crippen LogP contribution in [0.3, 0.4) is 0 Å². The van der Waals surface area contributed by atoms with Crippen LogP contribution in [0.1, 0.15) is 20.3 Å². The number of hydrogen-bond donors (Lipinski definition) is 0. The zero-order chi connectivity index (χ0) is 10.1. The summed E-state index contributed by atoms with van der Waals surface area (Å²) < 4.78 is 0. The average molecular weight is 278 g/mol. The van der Waals surface area contributed by atoms with E-state index in [1.54, 1.807) is 0 Å². The summed E-state index contributed by atoms with van der Waals surface area (Å²) in [6, 6.07) is 0.880. The molecule has 2 heterocycles. The lowest BCUT2D eigenvalue weighted by Crippen LogP contribution is -2.49. The van der Waals surface area contributed by atoms with E-state index in [1.165, 1.54) is 31.0 Å². The van der Waals surface area contributed by atoms with Crippen LogP contribution in [0.5, 0.6) is 0 Å². The molecule has 0 aromatic heterocycles. The number of thioether (sulfide) groups is 1. The minimum Gasteiger partial charge on any atom is -0.299 e. The zero-order valence-electron chi connectivity index (χ0n) is 9.08. The van der Waals surface area contributed by atoms with Crippen LogP contribution in [0.2, 0.25) is 0 Å². The van der Waals surface area contributed by atoms with Crippen molar-refractivity contribution in [1.29, 1.82) is 0 Å². The summed E-state index contributed by atoms with van der Waals surface area (Å²) in [6.07, 6.45) is 1.41. The standard InChI is InChI=1S/C11H20BrNS/c1-8-5-13(6-9(2)11(8)12)10-3-4-14-7-10/h8-11H,3-7H2,1-2H3.